The van der Waals surface area contributed by atoms with Crippen LogP contribution in [0.4, 0.5) is 0 Å². The van der Waals surface area contributed by atoms with Gasteiger partial charge in [0.15, 0.2) is 0 Å². The molecule has 1 atom stereocenters. The van der Waals surface area contributed by atoms with E-state index in [0.717, 1.165) is 56.7 Å². The number of carbonyl (C=O) groups excluding carboxylic acids is 1. The molecule has 0 aliphatic carbocycles. The fourth-order valence-corrected chi connectivity index (χ4v) is 3.17. The minimum absolute atomic E-state index is 0.290. The number of carbonyl (C=O) groups is 1. The van der Waals surface area contributed by atoms with E-state index in [1.165, 1.54) is 6.33 Å². The van der Waals surface area contributed by atoms with Crippen LogP contribution >= 0.6 is 0 Å². The Kier molecular flexibility index (Phi) is 5.43. The summed E-state index contributed by atoms with van der Waals surface area (Å²) in [5.74, 6) is 0.0575. The van der Waals surface area contributed by atoms with Crippen LogP contribution in [-0.2, 0) is 13.0 Å². The normalized spacial score (nSPS) is 18.9. The van der Waals surface area contributed by atoms with E-state index in [0.29, 0.717) is 5.92 Å². The molecule has 7 heteroatoms. The summed E-state index contributed by atoms with van der Waals surface area (Å²) in [7, 11) is 0. The zero-order chi connectivity index (χ0) is 16.8. The van der Waals surface area contributed by atoms with E-state index in [-0.39, 0.29) is 5.69 Å². The SMILES string of the molecule is NC(=O)c1cc(C[C@H]2CCCN(Cc3cnccn3)CC2)ncn1. The molecule has 2 aromatic heterocycles. The largest absolute Gasteiger partial charge is 0.364 e. The standard InChI is InChI=1S/C17H22N6O/c18-17(24)16-9-14(21-12-22-16)8-13-2-1-6-23(7-3-13)11-15-10-19-4-5-20-15/h4-5,9-10,12-13H,1-3,6-8,11H2,(H2,18,24)/t13-/m0/s1. The minimum atomic E-state index is -0.505. The summed E-state index contributed by atoms with van der Waals surface area (Å²) in [6.45, 7) is 2.96. The van der Waals surface area contributed by atoms with Crippen LogP contribution in [0.3, 0.4) is 0 Å². The van der Waals surface area contributed by atoms with Crippen molar-refractivity contribution in [2.45, 2.75) is 32.2 Å². The molecule has 7 nitrogen and oxygen atoms in total. The monoisotopic (exact) mass is 326 g/mol. The molecule has 1 saturated heterocycles. The molecule has 3 rings (SSSR count). The average Bonchev–Trinajstić information content (AvgIpc) is 2.81. The van der Waals surface area contributed by atoms with Crippen molar-refractivity contribution in [1.29, 1.82) is 0 Å². The molecule has 1 amide bonds. The smallest absolute Gasteiger partial charge is 0.267 e. The number of hydrogen-bond donors (Lipinski definition) is 1. The van der Waals surface area contributed by atoms with Crippen LogP contribution in [0.2, 0.25) is 0 Å². The number of nitrogens with two attached hydrogens (primary N) is 1. The summed E-state index contributed by atoms with van der Waals surface area (Å²) >= 11 is 0. The van der Waals surface area contributed by atoms with E-state index in [1.54, 1.807) is 18.5 Å². The van der Waals surface area contributed by atoms with Crippen molar-refractivity contribution in [3.05, 3.63) is 48.1 Å². The molecule has 1 fully saturated rings. The Balaban J connectivity index is 1.55. The molecule has 3 heterocycles. The molecule has 0 saturated carbocycles. The maximum Gasteiger partial charge on any atom is 0.267 e. The van der Waals surface area contributed by atoms with Crippen molar-refractivity contribution >= 4 is 5.91 Å². The first-order valence-corrected chi connectivity index (χ1v) is 8.28. The molecule has 2 N–H and O–H groups in total. The number of likely N-dealkylation sites (tertiary alicyclic amines) is 1. The van der Waals surface area contributed by atoms with Gasteiger partial charge in [0.2, 0.25) is 0 Å². The Morgan fingerprint density at radius 3 is 2.88 bits per heavy atom. The Morgan fingerprint density at radius 1 is 1.17 bits per heavy atom. The third kappa shape index (κ3) is 4.55. The first kappa shape index (κ1) is 16.4. The second kappa shape index (κ2) is 7.92. The van der Waals surface area contributed by atoms with Crippen molar-refractivity contribution in [1.82, 2.24) is 24.8 Å². The number of hydrogen-bond acceptors (Lipinski definition) is 6. The van der Waals surface area contributed by atoms with Gasteiger partial charge in [0, 0.05) is 30.8 Å². The number of amides is 1. The highest BCUT2D eigenvalue weighted by Crippen LogP contribution is 2.22. The Bertz CT molecular complexity index is 678. The van der Waals surface area contributed by atoms with E-state index in [1.807, 2.05) is 6.20 Å². The van der Waals surface area contributed by atoms with Crippen molar-refractivity contribution in [3.63, 3.8) is 0 Å². The zero-order valence-corrected chi connectivity index (χ0v) is 13.6. The molecule has 126 valence electrons. The van der Waals surface area contributed by atoms with Crippen molar-refractivity contribution in [3.8, 4) is 0 Å². The second-order valence-corrected chi connectivity index (χ2v) is 6.23. The van der Waals surface area contributed by atoms with Crippen molar-refractivity contribution in [2.75, 3.05) is 13.1 Å². The number of primary amides is 1. The Hall–Kier alpha value is -2.41. The summed E-state index contributed by atoms with van der Waals surface area (Å²) in [4.78, 5) is 30.3. The van der Waals surface area contributed by atoms with Gasteiger partial charge in [-0.15, -0.1) is 0 Å². The highest BCUT2D eigenvalue weighted by molar-refractivity contribution is 5.90. The Morgan fingerprint density at radius 2 is 2.08 bits per heavy atom. The lowest BCUT2D eigenvalue weighted by Gasteiger charge is -2.19. The lowest BCUT2D eigenvalue weighted by Crippen LogP contribution is -2.25. The van der Waals surface area contributed by atoms with Gasteiger partial charge in [0.1, 0.15) is 12.0 Å². The van der Waals surface area contributed by atoms with E-state index < -0.39 is 5.91 Å². The average molecular weight is 326 g/mol. The van der Waals surface area contributed by atoms with Gasteiger partial charge in [-0.25, -0.2) is 9.97 Å². The molecule has 0 bridgehead atoms. The van der Waals surface area contributed by atoms with Crippen LogP contribution in [0.1, 0.15) is 41.1 Å². The maximum absolute atomic E-state index is 11.2. The van der Waals surface area contributed by atoms with Crippen LogP contribution in [0.5, 0.6) is 0 Å². The molecular formula is C17H22N6O. The lowest BCUT2D eigenvalue weighted by molar-refractivity contribution is 0.0995. The van der Waals surface area contributed by atoms with Gasteiger partial charge in [-0.2, -0.15) is 0 Å². The maximum atomic E-state index is 11.2. The van der Waals surface area contributed by atoms with E-state index in [4.69, 9.17) is 5.73 Å². The topological polar surface area (TPSA) is 97.9 Å². The predicted molar refractivity (Wildman–Crippen MR) is 88.9 cm³/mol. The number of aromatic nitrogens is 4. The van der Waals surface area contributed by atoms with E-state index in [2.05, 4.69) is 24.8 Å². The summed E-state index contributed by atoms with van der Waals surface area (Å²) < 4.78 is 0. The van der Waals surface area contributed by atoms with Crippen molar-refractivity contribution < 1.29 is 4.79 Å². The summed E-state index contributed by atoms with van der Waals surface area (Å²) in [6.07, 6.45) is 11.0. The highest BCUT2D eigenvalue weighted by Gasteiger charge is 2.19. The van der Waals surface area contributed by atoms with Gasteiger partial charge < -0.3 is 5.73 Å². The van der Waals surface area contributed by atoms with Gasteiger partial charge in [-0.3, -0.25) is 19.7 Å². The van der Waals surface area contributed by atoms with Crippen LogP contribution in [0.25, 0.3) is 0 Å². The first-order chi connectivity index (χ1) is 11.7. The molecule has 2 aromatic rings. The first-order valence-electron chi connectivity index (χ1n) is 8.28. The van der Waals surface area contributed by atoms with Gasteiger partial charge >= 0.3 is 0 Å². The van der Waals surface area contributed by atoms with Gasteiger partial charge in [0.05, 0.1) is 5.69 Å². The van der Waals surface area contributed by atoms with Crippen molar-refractivity contribution in [2.24, 2.45) is 11.7 Å². The van der Waals surface area contributed by atoms with E-state index >= 15 is 0 Å². The number of rotatable bonds is 5. The molecule has 24 heavy (non-hydrogen) atoms. The zero-order valence-electron chi connectivity index (χ0n) is 13.6. The summed E-state index contributed by atoms with van der Waals surface area (Å²) in [5, 5.41) is 0. The fraction of sp³-hybridized carbons (Fsp3) is 0.471. The highest BCUT2D eigenvalue weighted by atomic mass is 16.1. The molecule has 0 aromatic carbocycles. The quantitative estimate of drug-likeness (QED) is 0.887. The molecule has 1 aliphatic heterocycles. The van der Waals surface area contributed by atoms with E-state index in [9.17, 15) is 4.79 Å². The van der Waals surface area contributed by atoms with Gasteiger partial charge in [-0.1, -0.05) is 0 Å². The Labute approximate surface area is 141 Å². The van der Waals surface area contributed by atoms with Crippen LogP contribution < -0.4 is 5.73 Å². The van der Waals surface area contributed by atoms with Crippen LogP contribution in [-0.4, -0.2) is 43.8 Å². The predicted octanol–water partition coefficient (Wildman–Crippen LogP) is 1.21. The molecule has 1 aliphatic rings. The lowest BCUT2D eigenvalue weighted by atomic mass is 9.95. The molecule has 0 unspecified atom stereocenters. The minimum Gasteiger partial charge on any atom is -0.364 e. The third-order valence-corrected chi connectivity index (χ3v) is 4.42. The van der Waals surface area contributed by atoms with Crippen LogP contribution in [0, 0.1) is 5.92 Å². The van der Waals surface area contributed by atoms with Crippen LogP contribution in [0.15, 0.2) is 31.0 Å². The summed E-state index contributed by atoms with van der Waals surface area (Å²) in [6, 6.07) is 1.71. The number of nitrogens with zero attached hydrogens (tertiary/aromatic N) is 5. The third-order valence-electron chi connectivity index (χ3n) is 4.42. The second-order valence-electron chi connectivity index (χ2n) is 6.23. The molecule has 0 radical (unpaired) electrons. The molecule has 0 spiro atoms. The van der Waals surface area contributed by atoms with Gasteiger partial charge in [0.25, 0.3) is 5.91 Å². The summed E-state index contributed by atoms with van der Waals surface area (Å²) in [5.41, 5.74) is 7.48. The van der Waals surface area contributed by atoms with Gasteiger partial charge in [-0.05, 0) is 50.8 Å². The molecular weight excluding hydrogens is 304 g/mol. The fourth-order valence-electron chi connectivity index (χ4n) is 3.17.